The Kier molecular flexibility index (Phi) is 6.15. The highest BCUT2D eigenvalue weighted by molar-refractivity contribution is 5.77. The van der Waals surface area contributed by atoms with Crippen LogP contribution in [-0.2, 0) is 11.2 Å². The maximum atomic E-state index is 10.8. The van der Waals surface area contributed by atoms with Crippen molar-refractivity contribution < 1.29 is 19.0 Å². The minimum absolute atomic E-state index is 0.124. The fourth-order valence-corrected chi connectivity index (χ4v) is 1.78. The van der Waals surface area contributed by atoms with Crippen LogP contribution in [0.15, 0.2) is 12.1 Å². The van der Waals surface area contributed by atoms with Gasteiger partial charge in [0.1, 0.15) is 11.5 Å². The molecule has 1 N–H and O–H groups in total. The zero-order chi connectivity index (χ0) is 14.3. The van der Waals surface area contributed by atoms with Crippen LogP contribution in [-0.4, -0.2) is 40.2 Å². The van der Waals surface area contributed by atoms with E-state index >= 15 is 0 Å². The number of ketones is 1. The second kappa shape index (κ2) is 7.63. The van der Waals surface area contributed by atoms with E-state index in [0.717, 1.165) is 17.7 Å². The van der Waals surface area contributed by atoms with Gasteiger partial charge in [-0.05, 0) is 31.5 Å². The van der Waals surface area contributed by atoms with Crippen molar-refractivity contribution in [1.82, 2.24) is 5.32 Å². The van der Waals surface area contributed by atoms with Crippen molar-refractivity contribution in [2.45, 2.75) is 13.3 Å². The van der Waals surface area contributed by atoms with Gasteiger partial charge < -0.3 is 19.5 Å². The summed E-state index contributed by atoms with van der Waals surface area (Å²) in [5.41, 5.74) is 1.01. The van der Waals surface area contributed by atoms with Crippen LogP contribution in [0, 0.1) is 0 Å². The summed E-state index contributed by atoms with van der Waals surface area (Å²) in [6, 6.07) is 3.70. The number of nitrogens with one attached hydrogen (secondary N) is 1. The fraction of sp³-hybridized carbons (Fsp3) is 0.500. The zero-order valence-electron chi connectivity index (χ0n) is 11.9. The summed E-state index contributed by atoms with van der Waals surface area (Å²) in [5.74, 6) is 2.19. The number of methoxy groups -OCH3 is 3. The van der Waals surface area contributed by atoms with Crippen molar-refractivity contribution in [3.05, 3.63) is 17.7 Å². The fourth-order valence-electron chi connectivity index (χ4n) is 1.78. The third-order valence-corrected chi connectivity index (χ3v) is 2.73. The van der Waals surface area contributed by atoms with Gasteiger partial charge in [0.2, 0.25) is 0 Å². The van der Waals surface area contributed by atoms with Crippen LogP contribution in [0.25, 0.3) is 0 Å². The Labute approximate surface area is 113 Å². The lowest BCUT2D eigenvalue weighted by molar-refractivity contribution is -0.116. The van der Waals surface area contributed by atoms with Gasteiger partial charge in [0.15, 0.2) is 11.5 Å². The second-order valence-electron chi connectivity index (χ2n) is 4.15. The summed E-state index contributed by atoms with van der Waals surface area (Å²) >= 11 is 0. The first-order chi connectivity index (χ1) is 9.12. The number of carbonyl (C=O) groups is 1. The van der Waals surface area contributed by atoms with Crippen LogP contribution >= 0.6 is 0 Å². The lowest BCUT2D eigenvalue weighted by Crippen LogP contribution is -2.23. The lowest BCUT2D eigenvalue weighted by atomic mass is 10.1. The number of hydrogen-bond donors (Lipinski definition) is 1. The average Bonchev–Trinajstić information content (AvgIpc) is 2.42. The summed E-state index contributed by atoms with van der Waals surface area (Å²) in [5, 5.41) is 3.07. The SMILES string of the molecule is COc1cc(OC)c(OC)cc1CCNCC(C)=O. The van der Waals surface area contributed by atoms with Crippen LogP contribution in [0.4, 0.5) is 0 Å². The Balaban J connectivity index is 2.77. The Morgan fingerprint density at radius 2 is 1.63 bits per heavy atom. The number of benzene rings is 1. The monoisotopic (exact) mass is 267 g/mol. The number of ether oxygens (including phenoxy) is 3. The summed E-state index contributed by atoms with van der Waals surface area (Å²) in [6.45, 7) is 2.64. The zero-order valence-corrected chi connectivity index (χ0v) is 11.9. The summed E-state index contributed by atoms with van der Waals surface area (Å²) in [6.07, 6.45) is 0.747. The van der Waals surface area contributed by atoms with Crippen LogP contribution < -0.4 is 19.5 Å². The Bertz CT molecular complexity index is 432. The van der Waals surface area contributed by atoms with E-state index in [1.54, 1.807) is 34.3 Å². The molecular formula is C14H21NO4. The van der Waals surface area contributed by atoms with E-state index < -0.39 is 0 Å². The van der Waals surface area contributed by atoms with Crippen molar-refractivity contribution >= 4 is 5.78 Å². The highest BCUT2D eigenvalue weighted by atomic mass is 16.5. The molecule has 0 aliphatic carbocycles. The van der Waals surface area contributed by atoms with E-state index in [2.05, 4.69) is 5.32 Å². The molecule has 0 radical (unpaired) electrons. The van der Waals surface area contributed by atoms with E-state index in [9.17, 15) is 4.79 Å². The number of hydrogen-bond acceptors (Lipinski definition) is 5. The molecule has 0 unspecified atom stereocenters. The molecule has 1 rings (SSSR count). The molecule has 0 amide bonds. The minimum atomic E-state index is 0.124. The first kappa shape index (κ1) is 15.3. The normalized spacial score (nSPS) is 10.1. The van der Waals surface area contributed by atoms with Crippen LogP contribution in [0.1, 0.15) is 12.5 Å². The van der Waals surface area contributed by atoms with E-state index in [1.165, 1.54) is 0 Å². The van der Waals surface area contributed by atoms with Gasteiger partial charge in [-0.3, -0.25) is 4.79 Å². The van der Waals surface area contributed by atoms with Crippen LogP contribution in [0.3, 0.4) is 0 Å². The number of rotatable bonds is 8. The van der Waals surface area contributed by atoms with Gasteiger partial charge in [0.25, 0.3) is 0 Å². The lowest BCUT2D eigenvalue weighted by Gasteiger charge is -2.14. The minimum Gasteiger partial charge on any atom is -0.496 e. The Hall–Kier alpha value is -1.75. The number of Topliss-reactive ketones (excluding diaryl/α,β-unsaturated/α-hetero) is 1. The number of carbonyl (C=O) groups excluding carboxylic acids is 1. The Morgan fingerprint density at radius 1 is 1.05 bits per heavy atom. The molecule has 0 saturated carbocycles. The third kappa shape index (κ3) is 4.44. The molecule has 0 aliphatic rings. The van der Waals surface area contributed by atoms with Gasteiger partial charge in [-0.25, -0.2) is 0 Å². The summed E-state index contributed by atoms with van der Waals surface area (Å²) in [7, 11) is 4.81. The highest BCUT2D eigenvalue weighted by Gasteiger charge is 2.11. The van der Waals surface area contributed by atoms with E-state index in [-0.39, 0.29) is 5.78 Å². The molecular weight excluding hydrogens is 246 g/mol. The maximum Gasteiger partial charge on any atom is 0.164 e. The molecule has 5 heteroatoms. The molecule has 0 aromatic heterocycles. The summed E-state index contributed by atoms with van der Waals surface area (Å²) < 4.78 is 15.8. The van der Waals surface area contributed by atoms with Gasteiger partial charge in [0.05, 0.1) is 27.9 Å². The molecule has 0 saturated heterocycles. The molecule has 0 heterocycles. The van der Waals surface area contributed by atoms with Gasteiger partial charge in [-0.15, -0.1) is 0 Å². The van der Waals surface area contributed by atoms with Crippen molar-refractivity contribution in [3.63, 3.8) is 0 Å². The van der Waals surface area contributed by atoms with Crippen molar-refractivity contribution in [1.29, 1.82) is 0 Å². The van der Waals surface area contributed by atoms with Gasteiger partial charge in [-0.2, -0.15) is 0 Å². The molecule has 0 bridgehead atoms. The predicted molar refractivity (Wildman–Crippen MR) is 73.4 cm³/mol. The summed E-state index contributed by atoms with van der Waals surface area (Å²) in [4.78, 5) is 10.8. The van der Waals surface area contributed by atoms with Crippen molar-refractivity contribution in [2.24, 2.45) is 0 Å². The first-order valence-electron chi connectivity index (χ1n) is 6.11. The molecule has 0 fully saturated rings. The topological polar surface area (TPSA) is 56.8 Å². The molecule has 1 aromatic carbocycles. The maximum absolute atomic E-state index is 10.8. The van der Waals surface area contributed by atoms with E-state index in [0.29, 0.717) is 24.6 Å². The van der Waals surface area contributed by atoms with Crippen molar-refractivity contribution in [3.8, 4) is 17.2 Å². The van der Waals surface area contributed by atoms with Crippen molar-refractivity contribution in [2.75, 3.05) is 34.4 Å². The van der Waals surface area contributed by atoms with Crippen LogP contribution in [0.5, 0.6) is 17.2 Å². The molecule has 0 aliphatic heterocycles. The third-order valence-electron chi connectivity index (χ3n) is 2.73. The predicted octanol–water partition coefficient (Wildman–Crippen LogP) is 1.43. The largest absolute Gasteiger partial charge is 0.496 e. The smallest absolute Gasteiger partial charge is 0.164 e. The first-order valence-corrected chi connectivity index (χ1v) is 6.11. The van der Waals surface area contributed by atoms with Gasteiger partial charge in [-0.1, -0.05) is 0 Å². The standard InChI is InChI=1S/C14H21NO4/c1-10(16)9-15-6-5-11-7-13(18-3)14(19-4)8-12(11)17-2/h7-8,15H,5-6,9H2,1-4H3. The second-order valence-corrected chi connectivity index (χ2v) is 4.15. The van der Waals surface area contributed by atoms with E-state index in [1.807, 2.05) is 6.07 Å². The average molecular weight is 267 g/mol. The molecule has 1 aromatic rings. The highest BCUT2D eigenvalue weighted by Crippen LogP contribution is 2.34. The molecule has 0 spiro atoms. The molecule has 5 nitrogen and oxygen atoms in total. The van der Waals surface area contributed by atoms with Gasteiger partial charge in [0, 0.05) is 6.07 Å². The Morgan fingerprint density at radius 3 is 2.16 bits per heavy atom. The van der Waals surface area contributed by atoms with Crippen LogP contribution in [0.2, 0.25) is 0 Å². The quantitative estimate of drug-likeness (QED) is 0.722. The molecule has 19 heavy (non-hydrogen) atoms. The van der Waals surface area contributed by atoms with E-state index in [4.69, 9.17) is 14.2 Å². The molecule has 0 atom stereocenters. The molecule has 106 valence electrons. The van der Waals surface area contributed by atoms with Gasteiger partial charge >= 0.3 is 0 Å².